The Labute approximate surface area is 304 Å². The van der Waals surface area contributed by atoms with Crippen LogP contribution in [0.2, 0.25) is 0 Å². The Morgan fingerprint density at radius 2 is 0.963 bits per heavy atom. The summed E-state index contributed by atoms with van der Waals surface area (Å²) in [5.41, 5.74) is 3.69. The fourth-order valence-electron chi connectivity index (χ4n) is 7.07. The number of hydrogen-bond acceptors (Lipinski definition) is 3. The van der Waals surface area contributed by atoms with Gasteiger partial charge in [0, 0.05) is 21.7 Å². The van der Waals surface area contributed by atoms with Crippen molar-refractivity contribution in [1.82, 2.24) is 9.13 Å². The maximum absolute atomic E-state index is 14.2. The first-order chi connectivity index (χ1) is 26.1. The fourth-order valence-corrected chi connectivity index (χ4v) is 7.07. The lowest BCUT2D eigenvalue weighted by molar-refractivity contribution is -0.137. The zero-order valence-electron chi connectivity index (χ0n) is 27.5. The van der Waals surface area contributed by atoms with E-state index in [1.807, 2.05) is 9.13 Å². The Hall–Kier alpha value is -8.35. The topological polar surface area (TPSA) is 94.3 Å². The van der Waals surface area contributed by atoms with Crippen LogP contribution in [0.1, 0.15) is 22.3 Å². The lowest BCUT2D eigenvalue weighted by Gasteiger charge is -2.20. The van der Waals surface area contributed by atoms with Gasteiger partial charge in [-0.2, -0.15) is 29.0 Å². The van der Waals surface area contributed by atoms with E-state index in [0.717, 1.165) is 12.1 Å². The van der Waals surface area contributed by atoms with Crippen LogP contribution >= 0.6 is 0 Å². The molecule has 2 aromatic heterocycles. The van der Waals surface area contributed by atoms with E-state index in [0.29, 0.717) is 77.4 Å². The summed E-state index contributed by atoms with van der Waals surface area (Å²) in [6, 6.07) is 33.1. The predicted molar refractivity (Wildman–Crippen MR) is 198 cm³/mol. The first-order valence-corrected chi connectivity index (χ1v) is 16.0. The van der Waals surface area contributed by atoms with Gasteiger partial charge in [0.1, 0.15) is 0 Å². The van der Waals surface area contributed by atoms with Gasteiger partial charge in [0.2, 0.25) is 0 Å². The lowest BCUT2D eigenvalue weighted by atomic mass is 9.98. The number of fused-ring (bicyclic) bond motifs is 6. The van der Waals surface area contributed by atoms with E-state index < -0.39 is 11.7 Å². The fraction of sp³-hybridized carbons (Fsp3) is 0.0233. The molecule has 0 N–H and O–H groups in total. The van der Waals surface area contributed by atoms with E-state index >= 15 is 0 Å². The molecule has 8 aromatic rings. The highest BCUT2D eigenvalue weighted by molar-refractivity contribution is 6.13. The number of benzene rings is 6. The van der Waals surface area contributed by atoms with Crippen LogP contribution in [-0.4, -0.2) is 9.13 Å². The number of hydrogen-bond donors (Lipinski definition) is 0. The van der Waals surface area contributed by atoms with Crippen molar-refractivity contribution in [3.8, 4) is 40.7 Å². The van der Waals surface area contributed by atoms with E-state index in [9.17, 15) is 29.0 Å². The first kappa shape index (κ1) is 32.8. The Morgan fingerprint density at radius 1 is 0.500 bits per heavy atom. The molecule has 0 atom stereocenters. The molecule has 6 aromatic carbocycles. The van der Waals surface area contributed by atoms with Crippen molar-refractivity contribution in [3.63, 3.8) is 0 Å². The van der Waals surface area contributed by atoms with Crippen molar-refractivity contribution in [1.29, 1.82) is 15.8 Å². The molecule has 0 unspecified atom stereocenters. The molecule has 8 nitrogen and oxygen atoms in total. The second kappa shape index (κ2) is 12.2. The second-order valence-electron chi connectivity index (χ2n) is 12.4. The maximum Gasteiger partial charge on any atom is 0.415 e. The Kier molecular flexibility index (Phi) is 7.39. The minimum Gasteiger partial charge on any atom is -0.309 e. The Morgan fingerprint density at radius 3 is 1.41 bits per heavy atom. The third kappa shape index (κ3) is 5.03. The second-order valence-corrected chi connectivity index (χ2v) is 12.4. The van der Waals surface area contributed by atoms with Crippen LogP contribution in [0, 0.1) is 53.7 Å². The van der Waals surface area contributed by atoms with Crippen LogP contribution in [0.3, 0.4) is 0 Å². The van der Waals surface area contributed by atoms with Crippen LogP contribution in [0.15, 0.2) is 103 Å². The summed E-state index contributed by atoms with van der Waals surface area (Å²) in [7, 11) is 0. The minimum absolute atomic E-state index is 0.00438. The highest BCUT2D eigenvalue weighted by Gasteiger charge is 2.32. The average Bonchev–Trinajstić information content (AvgIpc) is 3.70. The van der Waals surface area contributed by atoms with Crippen molar-refractivity contribution in [2.24, 2.45) is 0 Å². The third-order valence-corrected chi connectivity index (χ3v) is 9.41. The van der Waals surface area contributed by atoms with E-state index in [1.165, 1.54) is 6.07 Å². The summed E-state index contributed by atoms with van der Waals surface area (Å²) in [4.78, 5) is 10.7. The molecule has 0 aliphatic rings. The Bertz CT molecular complexity index is 3090. The molecule has 0 radical (unpaired) electrons. The summed E-state index contributed by atoms with van der Waals surface area (Å²) >= 11 is 0. The average molecular weight is 703 g/mol. The number of aromatic nitrogens is 2. The van der Waals surface area contributed by atoms with Crippen LogP contribution in [0.4, 0.5) is 30.2 Å². The molecule has 0 aliphatic carbocycles. The zero-order chi connectivity index (χ0) is 37.9. The number of halogens is 3. The van der Waals surface area contributed by atoms with Gasteiger partial charge in [0.05, 0.1) is 88.1 Å². The van der Waals surface area contributed by atoms with Gasteiger partial charge < -0.3 is 9.13 Å². The van der Waals surface area contributed by atoms with Gasteiger partial charge in [0.15, 0.2) is 17.1 Å². The monoisotopic (exact) mass is 702 g/mol. The quantitative estimate of drug-likeness (QED) is 0.171. The van der Waals surface area contributed by atoms with E-state index in [-0.39, 0.29) is 22.5 Å². The van der Waals surface area contributed by atoms with Crippen LogP contribution in [0.25, 0.3) is 80.6 Å². The maximum atomic E-state index is 14.2. The highest BCUT2D eigenvalue weighted by Crippen LogP contribution is 2.45. The molecule has 0 fully saturated rings. The molecule has 8 rings (SSSR count). The highest BCUT2D eigenvalue weighted by atomic mass is 19.4. The molecule has 2 heterocycles. The molecule has 250 valence electrons. The zero-order valence-corrected chi connectivity index (χ0v) is 27.5. The standard InChI is InChI=1S/C43H17F3N8/c1-50-29-7-11-40-35(18-29)34-14-26(23-49)6-10-39(34)54(40)42-20-36(52-3)31(27-15-28(43(44,45)46)17-30(16-27)51-2)19-41(42)53-37-8-4-24(21-47)12-32(37)33-13-25(22-48)5-9-38(33)53/h4-20H. The molecule has 0 aliphatic heterocycles. The van der Waals surface area contributed by atoms with Crippen molar-refractivity contribution in [3.05, 3.63) is 160 Å². The van der Waals surface area contributed by atoms with Gasteiger partial charge in [-0.1, -0.05) is 6.07 Å². The summed E-state index contributed by atoms with van der Waals surface area (Å²) in [6.45, 7) is 23.5. The predicted octanol–water partition coefficient (Wildman–Crippen LogP) is 11.8. The van der Waals surface area contributed by atoms with Gasteiger partial charge in [-0.3, -0.25) is 0 Å². The summed E-state index contributed by atoms with van der Waals surface area (Å²) in [5.74, 6) is 0. The molecule has 0 amide bonds. The summed E-state index contributed by atoms with van der Waals surface area (Å²) in [6.07, 6.45) is -4.77. The molecule has 0 spiro atoms. The Balaban J connectivity index is 1.59. The van der Waals surface area contributed by atoms with Crippen LogP contribution < -0.4 is 0 Å². The first-order valence-electron chi connectivity index (χ1n) is 16.0. The normalized spacial score (nSPS) is 11.1. The number of nitrogens with zero attached hydrogens (tertiary/aromatic N) is 8. The van der Waals surface area contributed by atoms with E-state index in [2.05, 4.69) is 32.7 Å². The van der Waals surface area contributed by atoms with Gasteiger partial charge in [-0.05, 0) is 114 Å². The van der Waals surface area contributed by atoms with Gasteiger partial charge in [-0.15, -0.1) is 0 Å². The largest absolute Gasteiger partial charge is 0.415 e. The number of rotatable bonds is 3. The SMILES string of the molecule is [C-]#[N+]c1cc(-c2cc(-n3c4ccc(C#N)cc4c4cc(C#N)ccc43)c(-n3c4ccc(C#N)cc4c4cc([N+]#[C-])ccc43)cc2[N+]#[C-])cc(C(F)(F)F)c1. The molecular formula is C43H17F3N8. The van der Waals surface area contributed by atoms with E-state index in [1.54, 1.807) is 84.9 Å². The summed E-state index contributed by atoms with van der Waals surface area (Å²) < 4.78 is 46.2. The smallest absolute Gasteiger partial charge is 0.309 e. The summed E-state index contributed by atoms with van der Waals surface area (Å²) in [5, 5.41) is 32.0. The molecule has 54 heavy (non-hydrogen) atoms. The minimum atomic E-state index is -4.77. The van der Waals surface area contributed by atoms with Gasteiger partial charge >= 0.3 is 6.18 Å². The number of nitriles is 3. The third-order valence-electron chi connectivity index (χ3n) is 9.41. The van der Waals surface area contributed by atoms with Crippen LogP contribution in [0.5, 0.6) is 0 Å². The molecule has 0 saturated heterocycles. The van der Waals surface area contributed by atoms with Crippen molar-refractivity contribution in [2.45, 2.75) is 6.18 Å². The van der Waals surface area contributed by atoms with Crippen molar-refractivity contribution >= 4 is 60.7 Å². The number of alkyl halides is 3. The lowest BCUT2D eigenvalue weighted by Crippen LogP contribution is -2.06. The van der Waals surface area contributed by atoms with Crippen molar-refractivity contribution in [2.75, 3.05) is 0 Å². The van der Waals surface area contributed by atoms with Crippen LogP contribution in [-0.2, 0) is 6.18 Å². The van der Waals surface area contributed by atoms with E-state index in [4.69, 9.17) is 19.7 Å². The van der Waals surface area contributed by atoms with Gasteiger partial charge in [-0.25, -0.2) is 14.5 Å². The van der Waals surface area contributed by atoms with Gasteiger partial charge in [0.25, 0.3) is 0 Å². The molecule has 11 heteroatoms. The van der Waals surface area contributed by atoms with Crippen molar-refractivity contribution < 1.29 is 13.2 Å². The molecule has 0 bridgehead atoms. The molecular weight excluding hydrogens is 686 g/mol. The molecule has 0 saturated carbocycles.